The van der Waals surface area contributed by atoms with E-state index in [0.29, 0.717) is 11.1 Å². The molecule has 0 bridgehead atoms. The molecule has 0 spiro atoms. The number of aliphatic carboxylic acids is 1. The van der Waals surface area contributed by atoms with Crippen molar-refractivity contribution in [2.45, 2.75) is 38.5 Å². The predicted molar refractivity (Wildman–Crippen MR) is 102 cm³/mol. The first-order valence-electron chi connectivity index (χ1n) is 8.81. The van der Waals surface area contributed by atoms with Crippen molar-refractivity contribution in [1.29, 1.82) is 0 Å². The van der Waals surface area contributed by atoms with Crippen molar-refractivity contribution < 1.29 is 27.8 Å². The zero-order chi connectivity index (χ0) is 20.5. The highest BCUT2D eigenvalue weighted by molar-refractivity contribution is 6.31. The highest BCUT2D eigenvalue weighted by Gasteiger charge is 2.48. The van der Waals surface area contributed by atoms with Crippen LogP contribution in [0.1, 0.15) is 30.9 Å². The molecule has 1 unspecified atom stereocenters. The Balaban J connectivity index is 2.08. The smallest absolute Gasteiger partial charge is 0.430 e. The third kappa shape index (κ3) is 4.17. The Labute approximate surface area is 165 Å². The zero-order valence-corrected chi connectivity index (χ0v) is 15.8. The first kappa shape index (κ1) is 20.3. The molecule has 3 nitrogen and oxygen atoms in total. The van der Waals surface area contributed by atoms with Crippen molar-refractivity contribution >= 4 is 23.6 Å². The summed E-state index contributed by atoms with van der Waals surface area (Å²) in [6.45, 7) is 2.10. The molecule has 1 aliphatic rings. The molecule has 0 fully saturated rings. The van der Waals surface area contributed by atoms with Gasteiger partial charge >= 0.3 is 12.1 Å². The molecule has 1 N–H and O–H groups in total. The summed E-state index contributed by atoms with van der Waals surface area (Å²) in [5.74, 6) is -1.71. The summed E-state index contributed by atoms with van der Waals surface area (Å²) in [5.41, 5.74) is 1.49. The van der Waals surface area contributed by atoms with Crippen molar-refractivity contribution in [3.63, 3.8) is 0 Å². The van der Waals surface area contributed by atoms with Gasteiger partial charge in [-0.3, -0.25) is 0 Å². The minimum Gasteiger partial charge on any atom is -0.478 e. The lowest BCUT2D eigenvalue weighted by atomic mass is 9.95. The van der Waals surface area contributed by atoms with Crippen LogP contribution >= 0.6 is 11.6 Å². The summed E-state index contributed by atoms with van der Waals surface area (Å²) >= 11 is 6.13. The second-order valence-electron chi connectivity index (χ2n) is 6.62. The molecule has 28 heavy (non-hydrogen) atoms. The van der Waals surface area contributed by atoms with E-state index >= 15 is 0 Å². The summed E-state index contributed by atoms with van der Waals surface area (Å²) < 4.78 is 45.3. The molecule has 0 aromatic heterocycles. The van der Waals surface area contributed by atoms with Crippen LogP contribution in [0.5, 0.6) is 5.75 Å². The van der Waals surface area contributed by atoms with Gasteiger partial charge in [0.15, 0.2) is 0 Å². The fourth-order valence-corrected chi connectivity index (χ4v) is 3.37. The van der Waals surface area contributed by atoms with Crippen molar-refractivity contribution in [2.24, 2.45) is 0 Å². The highest BCUT2D eigenvalue weighted by atomic mass is 35.5. The Hall–Kier alpha value is -2.47. The van der Waals surface area contributed by atoms with Crippen molar-refractivity contribution in [1.82, 2.24) is 0 Å². The van der Waals surface area contributed by atoms with Crippen molar-refractivity contribution in [2.75, 3.05) is 0 Å². The van der Waals surface area contributed by atoms with Crippen LogP contribution < -0.4 is 4.74 Å². The summed E-state index contributed by atoms with van der Waals surface area (Å²) in [4.78, 5) is 11.3. The SMILES string of the molecule is CCCCc1ccc(-c2cc(Cl)cc3c2OC(C(F)(F)F)C(C(=O)O)=C3)cc1. The van der Waals surface area contributed by atoms with E-state index in [-0.39, 0.29) is 16.3 Å². The van der Waals surface area contributed by atoms with Crippen LogP contribution in [0, 0.1) is 0 Å². The van der Waals surface area contributed by atoms with E-state index in [2.05, 4.69) is 6.92 Å². The third-order valence-electron chi connectivity index (χ3n) is 4.54. The van der Waals surface area contributed by atoms with Gasteiger partial charge in [0.05, 0.1) is 5.57 Å². The molecule has 1 heterocycles. The maximum atomic E-state index is 13.4. The maximum absolute atomic E-state index is 13.4. The molecule has 3 rings (SSSR count). The minimum atomic E-state index is -4.86. The molecule has 148 valence electrons. The number of benzene rings is 2. The van der Waals surface area contributed by atoms with Crippen LogP contribution in [-0.4, -0.2) is 23.4 Å². The Bertz CT molecular complexity index is 918. The second-order valence-corrected chi connectivity index (χ2v) is 7.05. The number of fused-ring (bicyclic) bond motifs is 1. The van der Waals surface area contributed by atoms with E-state index in [1.165, 1.54) is 12.1 Å². The first-order chi connectivity index (χ1) is 13.2. The number of alkyl halides is 3. The third-order valence-corrected chi connectivity index (χ3v) is 4.76. The van der Waals surface area contributed by atoms with E-state index in [9.17, 15) is 23.1 Å². The Morgan fingerprint density at radius 2 is 1.89 bits per heavy atom. The number of carbonyl (C=O) groups is 1. The molecular weight excluding hydrogens is 393 g/mol. The summed E-state index contributed by atoms with van der Waals surface area (Å²) in [7, 11) is 0. The molecule has 0 saturated carbocycles. The van der Waals surface area contributed by atoms with Gasteiger partial charge in [-0.2, -0.15) is 13.2 Å². The monoisotopic (exact) mass is 410 g/mol. The van der Waals surface area contributed by atoms with Crippen LogP contribution in [0.15, 0.2) is 42.0 Å². The Kier molecular flexibility index (Phi) is 5.70. The normalized spacial score (nSPS) is 16.2. The minimum absolute atomic E-state index is 0.0296. The number of halogens is 4. The van der Waals surface area contributed by atoms with Gasteiger partial charge in [0.2, 0.25) is 6.10 Å². The van der Waals surface area contributed by atoms with Crippen LogP contribution in [0.4, 0.5) is 13.2 Å². The first-order valence-corrected chi connectivity index (χ1v) is 9.19. The average Bonchev–Trinajstić information content (AvgIpc) is 2.64. The molecule has 1 atom stereocenters. The molecule has 0 radical (unpaired) electrons. The van der Waals surface area contributed by atoms with E-state index in [4.69, 9.17) is 16.3 Å². The van der Waals surface area contributed by atoms with E-state index in [0.717, 1.165) is 30.9 Å². The largest absolute Gasteiger partial charge is 0.478 e. The van der Waals surface area contributed by atoms with Crippen LogP contribution in [-0.2, 0) is 11.2 Å². The number of hydrogen-bond donors (Lipinski definition) is 1. The fraction of sp³-hybridized carbons (Fsp3) is 0.286. The lowest BCUT2D eigenvalue weighted by molar-refractivity contribution is -0.187. The quantitative estimate of drug-likeness (QED) is 0.643. The van der Waals surface area contributed by atoms with Crippen molar-refractivity contribution in [3.05, 3.63) is 58.1 Å². The zero-order valence-electron chi connectivity index (χ0n) is 15.0. The molecular formula is C21H18ClF3O3. The lowest BCUT2D eigenvalue weighted by Crippen LogP contribution is -2.40. The fourth-order valence-electron chi connectivity index (χ4n) is 3.14. The van der Waals surface area contributed by atoms with Gasteiger partial charge in [-0.1, -0.05) is 49.2 Å². The second kappa shape index (κ2) is 7.87. The molecule has 2 aromatic carbocycles. The van der Waals surface area contributed by atoms with Gasteiger partial charge in [0.1, 0.15) is 5.75 Å². The van der Waals surface area contributed by atoms with Crippen LogP contribution in [0.2, 0.25) is 5.02 Å². The number of rotatable bonds is 5. The van der Waals surface area contributed by atoms with Gasteiger partial charge in [-0.15, -0.1) is 0 Å². The molecule has 0 aliphatic carbocycles. The highest BCUT2D eigenvalue weighted by Crippen LogP contribution is 2.44. The molecule has 1 aliphatic heterocycles. The van der Waals surface area contributed by atoms with Gasteiger partial charge in [-0.05, 0) is 42.2 Å². The van der Waals surface area contributed by atoms with Crippen LogP contribution in [0.25, 0.3) is 17.2 Å². The van der Waals surface area contributed by atoms with Gasteiger partial charge in [0, 0.05) is 16.1 Å². The molecule has 2 aromatic rings. The number of hydrogen-bond acceptors (Lipinski definition) is 2. The van der Waals surface area contributed by atoms with Gasteiger partial charge < -0.3 is 9.84 Å². The van der Waals surface area contributed by atoms with Gasteiger partial charge in [0.25, 0.3) is 0 Å². The Morgan fingerprint density at radius 3 is 2.46 bits per heavy atom. The number of carboxylic acid groups (broad SMARTS) is 1. The molecule has 0 saturated heterocycles. The number of unbranched alkanes of at least 4 members (excludes halogenated alkanes) is 1. The molecule has 0 amide bonds. The number of carboxylic acids is 1. The average molecular weight is 411 g/mol. The van der Waals surface area contributed by atoms with E-state index in [1.54, 1.807) is 12.1 Å². The number of ether oxygens (including phenoxy) is 1. The molecule has 7 heteroatoms. The van der Waals surface area contributed by atoms with E-state index < -0.39 is 23.8 Å². The van der Waals surface area contributed by atoms with Crippen LogP contribution in [0.3, 0.4) is 0 Å². The predicted octanol–water partition coefficient (Wildman–Crippen LogP) is 6.14. The lowest BCUT2D eigenvalue weighted by Gasteiger charge is -2.28. The Morgan fingerprint density at radius 1 is 1.21 bits per heavy atom. The van der Waals surface area contributed by atoms with Gasteiger partial charge in [-0.25, -0.2) is 4.79 Å². The standard InChI is InChI=1S/C21H18ClF3O3/c1-2-3-4-12-5-7-13(8-6-12)16-11-15(22)9-14-10-17(20(26)27)19(21(23,24)25)28-18(14)16/h5-11,19H,2-4H2,1H3,(H,26,27). The van der Waals surface area contributed by atoms with Crippen molar-refractivity contribution in [3.8, 4) is 16.9 Å². The summed E-state index contributed by atoms with van der Waals surface area (Å²) in [5, 5.41) is 9.45. The summed E-state index contributed by atoms with van der Waals surface area (Å²) in [6.07, 6.45) is -3.39. The number of aryl methyl sites for hydroxylation is 1. The topological polar surface area (TPSA) is 46.5 Å². The van der Waals surface area contributed by atoms with E-state index in [1.807, 2.05) is 12.1 Å². The summed E-state index contributed by atoms with van der Waals surface area (Å²) in [6, 6.07) is 10.4. The maximum Gasteiger partial charge on any atom is 0.430 e.